The summed E-state index contributed by atoms with van der Waals surface area (Å²) in [6.45, 7) is 3.02. The van der Waals surface area contributed by atoms with Crippen LogP contribution in [0.4, 0.5) is 4.39 Å². The Morgan fingerprint density at radius 3 is 2.78 bits per heavy atom. The Labute approximate surface area is 182 Å². The molecule has 3 aromatic rings. The topological polar surface area (TPSA) is 130 Å². The average molecular weight is 433 g/mol. The Kier molecular flexibility index (Phi) is 4.34. The molecule has 2 aliphatic heterocycles. The number of nitrogens with one attached hydrogen (secondary N) is 1. The number of nitrogens with zero attached hydrogens (tertiary/aromatic N) is 3. The van der Waals surface area contributed by atoms with Crippen LogP contribution < -0.4 is 5.73 Å². The van der Waals surface area contributed by atoms with E-state index in [4.69, 9.17) is 5.73 Å². The predicted octanol–water partition coefficient (Wildman–Crippen LogP) is 2.06. The summed E-state index contributed by atoms with van der Waals surface area (Å²) in [4.78, 5) is 16.7. The molecule has 8 nitrogen and oxygen atoms in total. The number of rotatable bonds is 3. The highest BCUT2D eigenvalue weighted by atomic mass is 19.1. The number of aliphatic hydroxyl groups is 2. The fourth-order valence-electron chi connectivity index (χ4n) is 4.11. The lowest BCUT2D eigenvalue weighted by Gasteiger charge is -2.27. The first-order valence-corrected chi connectivity index (χ1v) is 10.0. The highest BCUT2D eigenvalue weighted by Crippen LogP contribution is 2.49. The number of benzene rings is 1. The number of aromatic amines is 1. The molecule has 1 amide bonds. The first-order valence-electron chi connectivity index (χ1n) is 10.0. The molecule has 162 valence electrons. The minimum absolute atomic E-state index is 0.0646. The lowest BCUT2D eigenvalue weighted by molar-refractivity contribution is 0.0989. The molecule has 1 aromatic carbocycles. The smallest absolute Gasteiger partial charge is 0.269 e. The maximum Gasteiger partial charge on any atom is 0.269 e. The van der Waals surface area contributed by atoms with Gasteiger partial charge in [0.2, 0.25) is 0 Å². The van der Waals surface area contributed by atoms with Gasteiger partial charge in [-0.3, -0.25) is 9.89 Å². The van der Waals surface area contributed by atoms with E-state index in [2.05, 4.69) is 27.0 Å². The van der Waals surface area contributed by atoms with E-state index in [1.165, 1.54) is 26.1 Å². The first-order chi connectivity index (χ1) is 15.1. The number of hydrogen-bond donors (Lipinski definition) is 4. The number of nitrogens with two attached hydrogens (primary N) is 1. The second-order valence-electron chi connectivity index (χ2n) is 8.47. The number of allylic oxidation sites excluding steroid dienone is 2. The predicted molar refractivity (Wildman–Crippen MR) is 114 cm³/mol. The van der Waals surface area contributed by atoms with Gasteiger partial charge in [-0.1, -0.05) is 17.9 Å². The van der Waals surface area contributed by atoms with Crippen LogP contribution >= 0.6 is 0 Å². The number of amides is 1. The number of aromatic nitrogens is 4. The number of carbonyl (C=O) groups excluding carboxylic acids is 1. The molecule has 5 N–H and O–H groups in total. The van der Waals surface area contributed by atoms with Crippen molar-refractivity contribution < 1.29 is 19.4 Å². The van der Waals surface area contributed by atoms with Crippen LogP contribution in [0.2, 0.25) is 0 Å². The monoisotopic (exact) mass is 433 g/mol. The second-order valence-corrected chi connectivity index (χ2v) is 8.47. The van der Waals surface area contributed by atoms with E-state index in [0.29, 0.717) is 29.1 Å². The molecular weight excluding hydrogens is 413 g/mol. The van der Waals surface area contributed by atoms with Gasteiger partial charge in [0.05, 0.1) is 23.0 Å². The summed E-state index contributed by atoms with van der Waals surface area (Å²) in [6.07, 6.45) is 2.82. The Morgan fingerprint density at radius 1 is 1.41 bits per heavy atom. The van der Waals surface area contributed by atoms with E-state index in [1.807, 2.05) is 6.08 Å². The number of aliphatic hydroxyl groups excluding tert-OH is 1. The molecule has 1 aliphatic carbocycles. The Balaban J connectivity index is 1.76. The summed E-state index contributed by atoms with van der Waals surface area (Å²) in [5.74, 6) is 4.39. The molecule has 2 unspecified atom stereocenters. The summed E-state index contributed by atoms with van der Waals surface area (Å²) in [7, 11) is 0. The zero-order chi connectivity index (χ0) is 22.8. The van der Waals surface area contributed by atoms with E-state index >= 15 is 0 Å². The maximum atomic E-state index is 14.8. The molecule has 2 aromatic heterocycles. The van der Waals surface area contributed by atoms with Crippen molar-refractivity contribution >= 4 is 11.5 Å². The van der Waals surface area contributed by atoms with Crippen LogP contribution in [0.1, 0.15) is 65.4 Å². The molecular formula is C23H20FN5O3. The quantitative estimate of drug-likeness (QED) is 0.470. The summed E-state index contributed by atoms with van der Waals surface area (Å²) < 4.78 is 16.6. The van der Waals surface area contributed by atoms with Crippen LogP contribution in [0.15, 0.2) is 30.5 Å². The molecule has 9 heteroatoms. The van der Waals surface area contributed by atoms with E-state index in [0.717, 1.165) is 5.57 Å². The van der Waals surface area contributed by atoms with Crippen molar-refractivity contribution in [2.24, 2.45) is 5.73 Å². The van der Waals surface area contributed by atoms with E-state index in [-0.39, 0.29) is 23.0 Å². The third-order valence-corrected chi connectivity index (χ3v) is 5.61. The molecule has 0 fully saturated rings. The minimum atomic E-state index is -1.29. The van der Waals surface area contributed by atoms with Crippen molar-refractivity contribution in [1.29, 1.82) is 0 Å². The van der Waals surface area contributed by atoms with Crippen molar-refractivity contribution in [3.05, 3.63) is 64.5 Å². The Bertz CT molecular complexity index is 1350. The number of primary amides is 1. The largest absolute Gasteiger partial charge is 0.380 e. The lowest BCUT2D eigenvalue weighted by Crippen LogP contribution is -2.22. The molecule has 4 heterocycles. The van der Waals surface area contributed by atoms with Crippen LogP contribution in [0.3, 0.4) is 0 Å². The molecule has 0 radical (unpaired) electrons. The summed E-state index contributed by atoms with van der Waals surface area (Å²) >= 11 is 0. The maximum absolute atomic E-state index is 14.8. The number of carbonyl (C=O) groups is 1. The van der Waals surface area contributed by atoms with Gasteiger partial charge < -0.3 is 20.5 Å². The molecule has 6 rings (SSSR count). The van der Waals surface area contributed by atoms with Crippen molar-refractivity contribution in [1.82, 2.24) is 19.7 Å². The molecule has 0 saturated heterocycles. The fraction of sp³-hybridized carbons (Fsp3) is 0.261. The van der Waals surface area contributed by atoms with Gasteiger partial charge >= 0.3 is 0 Å². The van der Waals surface area contributed by atoms with Gasteiger partial charge in [-0.15, -0.1) is 0 Å². The SMILES string of the molecule is CC(C)(O)C#Cc1cc2c(cc1F)C1=CC(C1)n1c-2nc(C(N)=O)c1C(O)c1ccn[nH]1. The molecule has 3 aliphatic rings. The Morgan fingerprint density at radius 2 is 2.16 bits per heavy atom. The second kappa shape index (κ2) is 6.88. The van der Waals surface area contributed by atoms with Gasteiger partial charge in [0.15, 0.2) is 5.69 Å². The van der Waals surface area contributed by atoms with Crippen LogP contribution in [-0.2, 0) is 0 Å². The lowest BCUT2D eigenvalue weighted by atomic mass is 9.86. The van der Waals surface area contributed by atoms with Gasteiger partial charge in [-0.2, -0.15) is 5.10 Å². The summed E-state index contributed by atoms with van der Waals surface area (Å²) in [5.41, 5.74) is 7.15. The average Bonchev–Trinajstić information content (AvgIpc) is 3.30. The van der Waals surface area contributed by atoms with Crippen LogP contribution in [-0.4, -0.2) is 41.5 Å². The van der Waals surface area contributed by atoms with E-state index < -0.39 is 23.4 Å². The van der Waals surface area contributed by atoms with Crippen LogP contribution in [0.5, 0.6) is 0 Å². The molecule has 32 heavy (non-hydrogen) atoms. The van der Waals surface area contributed by atoms with Crippen molar-refractivity contribution in [2.45, 2.75) is 38.0 Å². The third kappa shape index (κ3) is 3.12. The Hall–Kier alpha value is -3.74. The van der Waals surface area contributed by atoms with Crippen LogP contribution in [0, 0.1) is 17.7 Å². The van der Waals surface area contributed by atoms with E-state index in [9.17, 15) is 19.4 Å². The molecule has 0 spiro atoms. The number of H-pyrrole nitrogens is 1. The summed E-state index contributed by atoms with van der Waals surface area (Å²) in [5, 5.41) is 27.5. The third-order valence-electron chi connectivity index (χ3n) is 5.61. The highest BCUT2D eigenvalue weighted by Gasteiger charge is 2.38. The fourth-order valence-corrected chi connectivity index (χ4v) is 4.11. The van der Waals surface area contributed by atoms with Crippen LogP contribution in [0.25, 0.3) is 17.0 Å². The van der Waals surface area contributed by atoms with Gasteiger partial charge in [-0.25, -0.2) is 9.37 Å². The standard InChI is InChI=1S/C23H20FN5O3/c1-23(2,32)5-3-11-9-15-14(10-16(11)24)12-7-13(8-12)29-19(18(21(25)31)27-22(15)29)20(30)17-4-6-26-28-17/h4,6-7,9-10,13,20,30,32H,8H2,1-2H3,(H2,25,31)(H,26,28). The van der Waals surface area contributed by atoms with E-state index in [1.54, 1.807) is 16.7 Å². The van der Waals surface area contributed by atoms with Gasteiger partial charge in [0.1, 0.15) is 23.3 Å². The molecule has 2 atom stereocenters. The first kappa shape index (κ1) is 20.2. The zero-order valence-corrected chi connectivity index (χ0v) is 17.3. The number of halogens is 1. The normalized spacial score (nSPS) is 17.2. The van der Waals surface area contributed by atoms with Crippen molar-refractivity contribution in [3.63, 3.8) is 0 Å². The van der Waals surface area contributed by atoms with Crippen molar-refractivity contribution in [3.8, 4) is 23.2 Å². The van der Waals surface area contributed by atoms with Gasteiger partial charge in [0, 0.05) is 11.8 Å². The number of imidazole rings is 1. The summed E-state index contributed by atoms with van der Waals surface area (Å²) in [6, 6.07) is 4.38. The highest BCUT2D eigenvalue weighted by molar-refractivity contribution is 5.94. The zero-order valence-electron chi connectivity index (χ0n) is 17.3. The minimum Gasteiger partial charge on any atom is -0.380 e. The van der Waals surface area contributed by atoms with Gasteiger partial charge in [-0.05, 0) is 49.6 Å². The molecule has 2 bridgehead atoms. The molecule has 0 saturated carbocycles. The van der Waals surface area contributed by atoms with Gasteiger partial charge in [0.25, 0.3) is 5.91 Å². The number of hydrogen-bond acceptors (Lipinski definition) is 5. The van der Waals surface area contributed by atoms with Crippen molar-refractivity contribution in [2.75, 3.05) is 0 Å².